The van der Waals surface area contributed by atoms with Gasteiger partial charge < -0.3 is 5.73 Å². The molecular weight excluding hydrogens is 244 g/mol. The Bertz CT molecular complexity index is 356. The summed E-state index contributed by atoms with van der Waals surface area (Å²) < 4.78 is 0. The molecule has 1 rings (SSSR count). The van der Waals surface area contributed by atoms with Crippen LogP contribution in [0.5, 0.6) is 0 Å². The first-order chi connectivity index (χ1) is 9.56. The third kappa shape index (κ3) is 5.96. The minimum atomic E-state index is 0.586. The summed E-state index contributed by atoms with van der Waals surface area (Å²) in [6, 6.07) is 8.89. The highest BCUT2D eigenvalue weighted by atomic mass is 15.1. The molecule has 0 saturated carbocycles. The van der Waals surface area contributed by atoms with Gasteiger partial charge in [-0.25, -0.2) is 0 Å². The van der Waals surface area contributed by atoms with Crippen LogP contribution in [0.3, 0.4) is 0 Å². The fraction of sp³-hybridized carbons (Fsp3) is 0.667. The molecule has 20 heavy (non-hydrogen) atoms. The summed E-state index contributed by atoms with van der Waals surface area (Å²) in [4.78, 5) is 2.59. The summed E-state index contributed by atoms with van der Waals surface area (Å²) in [6.45, 7) is 11.4. The van der Waals surface area contributed by atoms with Crippen molar-refractivity contribution < 1.29 is 0 Å². The maximum atomic E-state index is 5.76. The molecule has 0 radical (unpaired) electrons. The van der Waals surface area contributed by atoms with E-state index in [9.17, 15) is 0 Å². The van der Waals surface area contributed by atoms with Crippen LogP contribution in [0.2, 0.25) is 0 Å². The van der Waals surface area contributed by atoms with Gasteiger partial charge in [0.15, 0.2) is 0 Å². The molecule has 0 fully saturated rings. The number of rotatable bonds is 9. The van der Waals surface area contributed by atoms with E-state index in [0.717, 1.165) is 18.2 Å². The normalized spacial score (nSPS) is 13.1. The molecule has 0 saturated heterocycles. The third-order valence-electron chi connectivity index (χ3n) is 4.13. The van der Waals surface area contributed by atoms with Crippen LogP contribution in [-0.2, 0) is 6.54 Å². The molecule has 2 N–H and O–H groups in total. The lowest BCUT2D eigenvalue weighted by Gasteiger charge is -2.30. The summed E-state index contributed by atoms with van der Waals surface area (Å²) in [5.41, 5.74) is 7.97. The van der Waals surface area contributed by atoms with Gasteiger partial charge in [-0.1, -0.05) is 45.2 Å². The van der Waals surface area contributed by atoms with Gasteiger partial charge in [-0.05, 0) is 43.9 Å². The van der Waals surface area contributed by atoms with E-state index in [1.54, 1.807) is 0 Å². The zero-order chi connectivity index (χ0) is 15.0. The third-order valence-corrected chi connectivity index (χ3v) is 4.13. The first kappa shape index (κ1) is 17.0. The van der Waals surface area contributed by atoms with Gasteiger partial charge in [-0.2, -0.15) is 0 Å². The van der Waals surface area contributed by atoms with Crippen molar-refractivity contribution in [2.24, 2.45) is 5.92 Å². The number of unbranched alkanes of at least 4 members (excludes halogenated alkanes) is 1. The molecule has 0 aromatic heterocycles. The van der Waals surface area contributed by atoms with Crippen molar-refractivity contribution in [2.75, 3.05) is 12.3 Å². The molecule has 1 aromatic carbocycles. The van der Waals surface area contributed by atoms with Crippen LogP contribution < -0.4 is 5.73 Å². The summed E-state index contributed by atoms with van der Waals surface area (Å²) in [5, 5.41) is 0. The van der Waals surface area contributed by atoms with E-state index >= 15 is 0 Å². The Hall–Kier alpha value is -1.02. The number of anilines is 1. The predicted molar refractivity (Wildman–Crippen MR) is 89.7 cm³/mol. The van der Waals surface area contributed by atoms with Crippen LogP contribution in [0.15, 0.2) is 24.3 Å². The van der Waals surface area contributed by atoms with Gasteiger partial charge in [0, 0.05) is 24.8 Å². The van der Waals surface area contributed by atoms with Gasteiger partial charge in [0.1, 0.15) is 0 Å². The standard InChI is InChI=1S/C18H32N2/c1-5-7-8-16(6-2)13-20(15(3)4)14-17-9-11-18(19)12-10-17/h9-12,15-16H,5-8,13-14,19H2,1-4H3. The first-order valence-corrected chi connectivity index (χ1v) is 8.15. The van der Waals surface area contributed by atoms with E-state index < -0.39 is 0 Å². The molecule has 1 aromatic rings. The molecule has 1 atom stereocenters. The Balaban J connectivity index is 2.61. The molecule has 0 aliphatic rings. The zero-order valence-electron chi connectivity index (χ0n) is 13.7. The molecule has 114 valence electrons. The van der Waals surface area contributed by atoms with E-state index in [4.69, 9.17) is 5.73 Å². The summed E-state index contributed by atoms with van der Waals surface area (Å²) in [6.07, 6.45) is 5.30. The van der Waals surface area contributed by atoms with Crippen molar-refractivity contribution in [3.63, 3.8) is 0 Å². The van der Waals surface area contributed by atoms with Crippen LogP contribution in [0.4, 0.5) is 5.69 Å². The second-order valence-corrected chi connectivity index (χ2v) is 6.18. The van der Waals surface area contributed by atoms with Gasteiger partial charge in [0.25, 0.3) is 0 Å². The molecule has 0 heterocycles. The van der Waals surface area contributed by atoms with E-state index in [-0.39, 0.29) is 0 Å². The van der Waals surface area contributed by atoms with Crippen LogP contribution in [-0.4, -0.2) is 17.5 Å². The monoisotopic (exact) mass is 276 g/mol. The number of nitrogen functional groups attached to an aromatic ring is 1. The lowest BCUT2D eigenvalue weighted by atomic mass is 9.98. The molecule has 0 amide bonds. The zero-order valence-corrected chi connectivity index (χ0v) is 13.7. The van der Waals surface area contributed by atoms with E-state index in [1.165, 1.54) is 37.8 Å². The number of nitrogens with two attached hydrogens (primary N) is 1. The molecule has 0 aliphatic carbocycles. The minimum absolute atomic E-state index is 0.586. The van der Waals surface area contributed by atoms with Crippen molar-refractivity contribution in [3.8, 4) is 0 Å². The first-order valence-electron chi connectivity index (χ1n) is 8.15. The van der Waals surface area contributed by atoms with Crippen LogP contribution in [0, 0.1) is 5.92 Å². The van der Waals surface area contributed by atoms with Crippen LogP contribution >= 0.6 is 0 Å². The fourth-order valence-corrected chi connectivity index (χ4v) is 2.56. The SMILES string of the molecule is CCCCC(CC)CN(Cc1ccc(N)cc1)C(C)C. The summed E-state index contributed by atoms with van der Waals surface area (Å²) >= 11 is 0. The highest BCUT2D eigenvalue weighted by Crippen LogP contribution is 2.18. The predicted octanol–water partition coefficient (Wildman–Crippen LogP) is 4.70. The van der Waals surface area contributed by atoms with Crippen molar-refractivity contribution >= 4 is 5.69 Å². The largest absolute Gasteiger partial charge is 0.399 e. The molecule has 0 aliphatic heterocycles. The van der Waals surface area contributed by atoms with E-state index in [2.05, 4.69) is 44.7 Å². The molecular formula is C18H32N2. The van der Waals surface area contributed by atoms with Gasteiger partial charge in [0.2, 0.25) is 0 Å². The number of hydrogen-bond acceptors (Lipinski definition) is 2. The van der Waals surface area contributed by atoms with Crippen LogP contribution in [0.1, 0.15) is 58.9 Å². The Morgan fingerprint density at radius 3 is 2.25 bits per heavy atom. The average molecular weight is 276 g/mol. The smallest absolute Gasteiger partial charge is 0.0314 e. The van der Waals surface area contributed by atoms with Gasteiger partial charge in [-0.15, -0.1) is 0 Å². The second-order valence-electron chi connectivity index (χ2n) is 6.18. The van der Waals surface area contributed by atoms with E-state index in [0.29, 0.717) is 6.04 Å². The maximum Gasteiger partial charge on any atom is 0.0314 e. The molecule has 0 bridgehead atoms. The highest BCUT2D eigenvalue weighted by Gasteiger charge is 2.15. The van der Waals surface area contributed by atoms with Gasteiger partial charge in [0.05, 0.1) is 0 Å². The number of hydrogen-bond donors (Lipinski definition) is 1. The Kier molecular flexibility index (Phi) is 7.68. The molecule has 2 nitrogen and oxygen atoms in total. The number of benzene rings is 1. The highest BCUT2D eigenvalue weighted by molar-refractivity contribution is 5.39. The Labute approximate surface area is 125 Å². The quantitative estimate of drug-likeness (QED) is 0.663. The second kappa shape index (κ2) is 9.02. The maximum absolute atomic E-state index is 5.76. The topological polar surface area (TPSA) is 29.3 Å². The van der Waals surface area contributed by atoms with Crippen molar-refractivity contribution in [3.05, 3.63) is 29.8 Å². The number of nitrogens with zero attached hydrogens (tertiary/aromatic N) is 1. The molecule has 0 spiro atoms. The van der Waals surface area contributed by atoms with Crippen molar-refractivity contribution in [2.45, 2.75) is 66.0 Å². The van der Waals surface area contributed by atoms with Gasteiger partial charge in [-0.3, -0.25) is 4.90 Å². The van der Waals surface area contributed by atoms with E-state index in [1.807, 2.05) is 12.1 Å². The van der Waals surface area contributed by atoms with Crippen LogP contribution in [0.25, 0.3) is 0 Å². The molecule has 1 unspecified atom stereocenters. The summed E-state index contributed by atoms with van der Waals surface area (Å²) in [7, 11) is 0. The molecule has 2 heteroatoms. The lowest BCUT2D eigenvalue weighted by molar-refractivity contribution is 0.170. The van der Waals surface area contributed by atoms with Crippen molar-refractivity contribution in [1.29, 1.82) is 0 Å². The lowest BCUT2D eigenvalue weighted by Crippen LogP contribution is -2.34. The minimum Gasteiger partial charge on any atom is -0.399 e. The Morgan fingerprint density at radius 1 is 1.10 bits per heavy atom. The van der Waals surface area contributed by atoms with Crippen molar-refractivity contribution in [1.82, 2.24) is 4.90 Å². The fourth-order valence-electron chi connectivity index (χ4n) is 2.56. The van der Waals surface area contributed by atoms with Gasteiger partial charge >= 0.3 is 0 Å². The average Bonchev–Trinajstić information content (AvgIpc) is 2.44. The summed E-state index contributed by atoms with van der Waals surface area (Å²) in [5.74, 6) is 0.825. The Morgan fingerprint density at radius 2 is 1.75 bits per heavy atom.